The second-order valence-electron chi connectivity index (χ2n) is 7.76. The van der Waals surface area contributed by atoms with E-state index in [1.807, 2.05) is 32.2 Å². The van der Waals surface area contributed by atoms with Crippen molar-refractivity contribution in [2.24, 2.45) is 0 Å². The predicted molar refractivity (Wildman–Crippen MR) is 118 cm³/mol. The van der Waals surface area contributed by atoms with Gasteiger partial charge in [-0.1, -0.05) is 35.9 Å². The number of carbonyl (C=O) groups is 3. The zero-order chi connectivity index (χ0) is 22.4. The molecule has 8 heteroatoms. The minimum absolute atomic E-state index is 0.102. The molecule has 0 fully saturated rings. The highest BCUT2D eigenvalue weighted by molar-refractivity contribution is 6.22. The number of aryl methyl sites for hydroxylation is 2. The van der Waals surface area contributed by atoms with Gasteiger partial charge in [0.15, 0.2) is 5.65 Å². The lowest BCUT2D eigenvalue weighted by Gasteiger charge is -2.12. The summed E-state index contributed by atoms with van der Waals surface area (Å²) in [5.41, 5.74) is 5.54. The molecule has 0 bridgehead atoms. The van der Waals surface area contributed by atoms with Crippen LogP contribution < -0.4 is 5.32 Å². The Morgan fingerprint density at radius 2 is 1.66 bits per heavy atom. The van der Waals surface area contributed by atoms with E-state index in [-0.39, 0.29) is 5.95 Å². The number of hydrogen-bond donors (Lipinski definition) is 1. The highest BCUT2D eigenvalue weighted by Crippen LogP contribution is 2.25. The summed E-state index contributed by atoms with van der Waals surface area (Å²) in [6.45, 7) is 3.68. The second-order valence-corrected chi connectivity index (χ2v) is 7.76. The monoisotopic (exact) mass is 425 g/mol. The fourth-order valence-corrected chi connectivity index (χ4v) is 3.83. The molecule has 2 aromatic carbocycles. The lowest BCUT2D eigenvalue weighted by atomic mass is 10.00. The fraction of sp³-hybridized carbons (Fsp3) is 0.125. The van der Waals surface area contributed by atoms with Crippen molar-refractivity contribution < 1.29 is 14.4 Å². The molecule has 8 nitrogen and oxygen atoms in total. The highest BCUT2D eigenvalue weighted by atomic mass is 16.2. The minimum Gasteiger partial charge on any atom is -0.292 e. The molecule has 0 unspecified atom stereocenters. The van der Waals surface area contributed by atoms with E-state index in [4.69, 9.17) is 0 Å². The summed E-state index contributed by atoms with van der Waals surface area (Å²) < 4.78 is 1.59. The summed E-state index contributed by atoms with van der Waals surface area (Å²) in [6, 6.07) is 16.5. The zero-order valence-corrected chi connectivity index (χ0v) is 17.5. The maximum Gasteiger partial charge on any atom is 0.262 e. The van der Waals surface area contributed by atoms with E-state index >= 15 is 0 Å². The number of hydrogen-bond acceptors (Lipinski definition) is 5. The Kier molecular flexibility index (Phi) is 4.55. The van der Waals surface area contributed by atoms with Crippen LogP contribution in [0.25, 0.3) is 16.8 Å². The lowest BCUT2D eigenvalue weighted by Crippen LogP contribution is -2.37. The highest BCUT2D eigenvalue weighted by Gasteiger charge is 2.36. The van der Waals surface area contributed by atoms with Crippen LogP contribution in [0.1, 0.15) is 31.8 Å². The van der Waals surface area contributed by atoms with Gasteiger partial charge in [0.25, 0.3) is 11.8 Å². The molecule has 0 radical (unpaired) electrons. The van der Waals surface area contributed by atoms with Crippen molar-refractivity contribution in [2.45, 2.75) is 13.8 Å². The smallest absolute Gasteiger partial charge is 0.262 e. The maximum absolute atomic E-state index is 12.5. The summed E-state index contributed by atoms with van der Waals surface area (Å²) in [6.07, 6.45) is 1.85. The predicted octanol–water partition coefficient (Wildman–Crippen LogP) is 3.25. The molecular formula is C24H19N5O3. The molecule has 0 saturated heterocycles. The number of imide groups is 1. The topological polar surface area (TPSA) is 96.7 Å². The molecule has 0 atom stereocenters. The molecule has 2 aromatic heterocycles. The van der Waals surface area contributed by atoms with Crippen molar-refractivity contribution in [1.82, 2.24) is 19.5 Å². The molecule has 4 aromatic rings. The van der Waals surface area contributed by atoms with Crippen molar-refractivity contribution in [3.8, 4) is 11.1 Å². The van der Waals surface area contributed by atoms with Crippen molar-refractivity contribution in [3.05, 3.63) is 83.0 Å². The van der Waals surface area contributed by atoms with E-state index in [9.17, 15) is 14.4 Å². The molecule has 0 spiro atoms. The lowest BCUT2D eigenvalue weighted by molar-refractivity contribution is -0.116. The first kappa shape index (κ1) is 19.6. The number of aromatic nitrogens is 3. The first-order valence-corrected chi connectivity index (χ1v) is 10.1. The van der Waals surface area contributed by atoms with Crippen LogP contribution >= 0.6 is 0 Å². The van der Waals surface area contributed by atoms with E-state index in [1.54, 1.807) is 28.8 Å². The summed E-state index contributed by atoms with van der Waals surface area (Å²) in [5.74, 6) is -1.42. The third-order valence-corrected chi connectivity index (χ3v) is 5.47. The molecule has 3 amide bonds. The zero-order valence-electron chi connectivity index (χ0n) is 17.5. The van der Waals surface area contributed by atoms with Gasteiger partial charge in [0, 0.05) is 11.8 Å². The van der Waals surface area contributed by atoms with Gasteiger partial charge in [0.1, 0.15) is 6.54 Å². The summed E-state index contributed by atoms with van der Waals surface area (Å²) in [4.78, 5) is 42.6. The maximum atomic E-state index is 12.5. The number of anilines is 1. The van der Waals surface area contributed by atoms with E-state index in [0.717, 1.165) is 27.2 Å². The van der Waals surface area contributed by atoms with Crippen molar-refractivity contribution in [3.63, 3.8) is 0 Å². The number of fused-ring (bicyclic) bond motifs is 2. The van der Waals surface area contributed by atoms with Crippen LogP contribution in [0, 0.1) is 13.8 Å². The summed E-state index contributed by atoms with van der Waals surface area (Å²) >= 11 is 0. The number of amides is 3. The van der Waals surface area contributed by atoms with Gasteiger partial charge in [-0.05, 0) is 49.2 Å². The number of nitrogens with zero attached hydrogens (tertiary/aromatic N) is 4. The van der Waals surface area contributed by atoms with Gasteiger partial charge >= 0.3 is 0 Å². The van der Waals surface area contributed by atoms with E-state index in [0.29, 0.717) is 16.8 Å². The normalized spacial score (nSPS) is 13.0. The van der Waals surface area contributed by atoms with Gasteiger partial charge in [-0.25, -0.2) is 4.52 Å². The number of rotatable bonds is 4. The van der Waals surface area contributed by atoms with Crippen LogP contribution in [0.5, 0.6) is 0 Å². The third-order valence-electron chi connectivity index (χ3n) is 5.47. The Morgan fingerprint density at radius 3 is 2.38 bits per heavy atom. The summed E-state index contributed by atoms with van der Waals surface area (Å²) in [5, 5.41) is 6.91. The molecule has 158 valence electrons. The number of nitrogens with one attached hydrogen (secondary N) is 1. The molecule has 0 saturated carbocycles. The molecule has 3 heterocycles. The molecular weight excluding hydrogens is 406 g/mol. The van der Waals surface area contributed by atoms with E-state index < -0.39 is 24.3 Å². The van der Waals surface area contributed by atoms with Crippen LogP contribution in [0.3, 0.4) is 0 Å². The van der Waals surface area contributed by atoms with Gasteiger partial charge in [-0.2, -0.15) is 4.98 Å². The van der Waals surface area contributed by atoms with Crippen LogP contribution in [0.2, 0.25) is 0 Å². The Balaban J connectivity index is 1.35. The second kappa shape index (κ2) is 7.42. The molecule has 32 heavy (non-hydrogen) atoms. The van der Waals surface area contributed by atoms with E-state index in [2.05, 4.69) is 33.6 Å². The van der Waals surface area contributed by atoms with Crippen LogP contribution in [-0.2, 0) is 4.79 Å². The van der Waals surface area contributed by atoms with Gasteiger partial charge in [0.2, 0.25) is 11.9 Å². The van der Waals surface area contributed by atoms with E-state index in [1.165, 1.54) is 0 Å². The van der Waals surface area contributed by atoms with Crippen LogP contribution in [0.15, 0.2) is 60.8 Å². The average Bonchev–Trinajstić information content (AvgIpc) is 3.28. The van der Waals surface area contributed by atoms with Crippen LogP contribution in [-0.4, -0.2) is 43.8 Å². The fourth-order valence-electron chi connectivity index (χ4n) is 3.83. The van der Waals surface area contributed by atoms with Gasteiger partial charge in [0.05, 0.1) is 11.1 Å². The Morgan fingerprint density at radius 1 is 0.938 bits per heavy atom. The standard InChI is InChI=1S/C24H19N5O3/c1-14-7-8-15(2)19(11-14)16-9-10-20-25-24(27-29(20)12-16)26-21(30)13-28-22(31)17-5-3-4-6-18(17)23(28)32/h3-12H,13H2,1-2H3,(H,26,27,30). The van der Waals surface area contributed by atoms with Gasteiger partial charge in [-0.15, -0.1) is 5.10 Å². The SMILES string of the molecule is Cc1ccc(C)c(-c2ccc3nc(NC(=O)CN4C(=O)c5ccccc5C4=O)nn3c2)c1. The number of carbonyl (C=O) groups excluding carboxylic acids is 3. The number of pyridine rings is 1. The Hall–Kier alpha value is -4.33. The first-order valence-electron chi connectivity index (χ1n) is 10.1. The summed E-state index contributed by atoms with van der Waals surface area (Å²) in [7, 11) is 0. The van der Waals surface area contributed by atoms with Gasteiger partial charge < -0.3 is 0 Å². The minimum atomic E-state index is -0.551. The third kappa shape index (κ3) is 3.31. The molecule has 1 aliphatic heterocycles. The van der Waals surface area contributed by atoms with Crippen molar-refractivity contribution in [2.75, 3.05) is 11.9 Å². The molecule has 0 aliphatic carbocycles. The van der Waals surface area contributed by atoms with Crippen LogP contribution in [0.4, 0.5) is 5.95 Å². The Labute approximate surface area is 183 Å². The van der Waals surface area contributed by atoms with Crippen molar-refractivity contribution >= 4 is 29.3 Å². The van der Waals surface area contributed by atoms with Crippen molar-refractivity contribution in [1.29, 1.82) is 0 Å². The Bertz CT molecular complexity index is 1390. The largest absolute Gasteiger partial charge is 0.292 e. The number of benzene rings is 2. The quantitative estimate of drug-likeness (QED) is 0.507. The first-order chi connectivity index (χ1) is 15.4. The average molecular weight is 425 g/mol. The molecule has 5 rings (SSSR count). The molecule has 1 N–H and O–H groups in total. The van der Waals surface area contributed by atoms with Gasteiger partial charge in [-0.3, -0.25) is 24.6 Å². The molecule has 1 aliphatic rings.